The molecule has 0 saturated heterocycles. The Kier molecular flexibility index (Phi) is 4.96. The molecule has 1 atom stereocenters. The molecule has 0 heterocycles. The quantitative estimate of drug-likeness (QED) is 0.794. The number of aldehydes is 1. The maximum Gasteiger partial charge on any atom is 0.261 e. The van der Waals surface area contributed by atoms with Gasteiger partial charge in [-0.15, -0.1) is 0 Å². The summed E-state index contributed by atoms with van der Waals surface area (Å²) in [5.74, 6) is -0.824. The number of allylic oxidation sites excluding steroid dienone is 2. The highest BCUT2D eigenvalue weighted by molar-refractivity contribution is 7.92. The van der Waals surface area contributed by atoms with E-state index >= 15 is 0 Å². The number of rotatable bonds is 5. The summed E-state index contributed by atoms with van der Waals surface area (Å²) in [4.78, 5) is 11.5. The van der Waals surface area contributed by atoms with E-state index in [0.29, 0.717) is 17.6 Å². The highest BCUT2D eigenvalue weighted by Crippen LogP contribution is 2.41. The van der Waals surface area contributed by atoms with Crippen LogP contribution in [0.3, 0.4) is 0 Å². The Morgan fingerprint density at radius 2 is 1.81 bits per heavy atom. The van der Waals surface area contributed by atoms with E-state index in [4.69, 9.17) is 0 Å². The van der Waals surface area contributed by atoms with Crippen LogP contribution in [0.15, 0.2) is 52.9 Å². The van der Waals surface area contributed by atoms with Crippen molar-refractivity contribution in [2.45, 2.75) is 31.6 Å². The minimum Gasteiger partial charge on any atom is -0.303 e. The van der Waals surface area contributed by atoms with Crippen molar-refractivity contribution in [3.8, 4) is 0 Å². The van der Waals surface area contributed by atoms with Gasteiger partial charge in [0.15, 0.2) is 0 Å². The molecule has 0 saturated carbocycles. The first-order valence-corrected chi connectivity index (χ1v) is 9.84. The summed E-state index contributed by atoms with van der Waals surface area (Å²) in [7, 11) is -3.82. The fraction of sp³-hybridized carbons (Fsp3) is 0.250. The third-order valence-electron chi connectivity index (χ3n) is 4.67. The largest absolute Gasteiger partial charge is 0.303 e. The Labute approximate surface area is 152 Å². The van der Waals surface area contributed by atoms with E-state index in [1.165, 1.54) is 30.3 Å². The zero-order valence-corrected chi connectivity index (χ0v) is 15.4. The number of halogens is 1. The van der Waals surface area contributed by atoms with Gasteiger partial charge >= 0.3 is 0 Å². The van der Waals surface area contributed by atoms with Crippen LogP contribution in [0.1, 0.15) is 30.9 Å². The first-order valence-electron chi connectivity index (χ1n) is 8.36. The number of hydrogen-bond donors (Lipinski definition) is 1. The van der Waals surface area contributed by atoms with Gasteiger partial charge in [0.05, 0.1) is 10.6 Å². The zero-order valence-electron chi connectivity index (χ0n) is 14.6. The molecule has 1 aliphatic carbocycles. The first-order chi connectivity index (χ1) is 12.3. The lowest BCUT2D eigenvalue weighted by Crippen LogP contribution is -2.15. The van der Waals surface area contributed by atoms with Crippen molar-refractivity contribution in [1.82, 2.24) is 0 Å². The third-order valence-corrected chi connectivity index (χ3v) is 6.05. The molecule has 0 aliphatic heterocycles. The Bertz CT molecular complexity index is 979. The van der Waals surface area contributed by atoms with Crippen molar-refractivity contribution in [2.75, 3.05) is 4.72 Å². The smallest absolute Gasteiger partial charge is 0.261 e. The summed E-state index contributed by atoms with van der Waals surface area (Å²) >= 11 is 0. The first kappa shape index (κ1) is 18.3. The van der Waals surface area contributed by atoms with Gasteiger partial charge in [-0.05, 0) is 62.6 Å². The number of carbonyl (C=O) groups is 1. The molecule has 136 valence electrons. The molecule has 4 nitrogen and oxygen atoms in total. The van der Waals surface area contributed by atoms with Gasteiger partial charge in [-0.2, -0.15) is 0 Å². The number of aryl methyl sites for hydroxylation is 1. The fourth-order valence-electron chi connectivity index (χ4n) is 3.28. The second-order valence-electron chi connectivity index (χ2n) is 6.58. The molecule has 2 aromatic rings. The Morgan fingerprint density at radius 3 is 2.46 bits per heavy atom. The van der Waals surface area contributed by atoms with Crippen LogP contribution in [0.5, 0.6) is 0 Å². The lowest BCUT2D eigenvalue weighted by atomic mass is 9.93. The van der Waals surface area contributed by atoms with Gasteiger partial charge < -0.3 is 4.79 Å². The molecule has 0 aromatic heterocycles. The summed E-state index contributed by atoms with van der Waals surface area (Å²) in [5.41, 5.74) is 3.33. The van der Waals surface area contributed by atoms with Crippen LogP contribution in [0.25, 0.3) is 5.57 Å². The summed E-state index contributed by atoms with van der Waals surface area (Å²) in [6.07, 6.45) is 2.24. The number of carbonyl (C=O) groups excluding carboxylic acids is 1. The molecule has 0 fully saturated rings. The minimum atomic E-state index is -3.82. The van der Waals surface area contributed by atoms with Crippen molar-refractivity contribution in [2.24, 2.45) is 5.92 Å². The van der Waals surface area contributed by atoms with Gasteiger partial charge in [0.1, 0.15) is 12.1 Å². The molecular formula is C20H20FNO3S. The highest BCUT2D eigenvalue weighted by atomic mass is 32.2. The summed E-state index contributed by atoms with van der Waals surface area (Å²) in [5, 5.41) is 0. The summed E-state index contributed by atoms with van der Waals surface area (Å²) in [6.45, 7) is 3.76. The molecule has 1 aliphatic rings. The molecule has 0 radical (unpaired) electrons. The molecule has 26 heavy (non-hydrogen) atoms. The molecule has 3 rings (SSSR count). The van der Waals surface area contributed by atoms with Gasteiger partial charge in [0.2, 0.25) is 0 Å². The van der Waals surface area contributed by atoms with Crippen LogP contribution < -0.4 is 4.72 Å². The van der Waals surface area contributed by atoms with Crippen molar-refractivity contribution < 1.29 is 17.6 Å². The zero-order chi connectivity index (χ0) is 18.9. The van der Waals surface area contributed by atoms with Gasteiger partial charge in [-0.25, -0.2) is 12.8 Å². The minimum absolute atomic E-state index is 0.127. The number of hydrogen-bond acceptors (Lipinski definition) is 3. The van der Waals surface area contributed by atoms with E-state index in [2.05, 4.69) is 4.72 Å². The number of benzene rings is 2. The van der Waals surface area contributed by atoms with Gasteiger partial charge in [0, 0.05) is 11.5 Å². The summed E-state index contributed by atoms with van der Waals surface area (Å²) in [6, 6.07) is 10.4. The van der Waals surface area contributed by atoms with Crippen LogP contribution >= 0.6 is 0 Å². The van der Waals surface area contributed by atoms with E-state index in [-0.39, 0.29) is 16.5 Å². The third kappa shape index (κ3) is 3.55. The average Bonchev–Trinajstić information content (AvgIpc) is 2.97. The highest BCUT2D eigenvalue weighted by Gasteiger charge is 2.27. The Hall–Kier alpha value is -2.47. The van der Waals surface area contributed by atoms with Crippen LogP contribution in [0, 0.1) is 18.7 Å². The normalized spacial score (nSPS) is 17.4. The van der Waals surface area contributed by atoms with E-state index in [9.17, 15) is 17.6 Å². The second-order valence-corrected chi connectivity index (χ2v) is 8.27. The monoisotopic (exact) mass is 373 g/mol. The van der Waals surface area contributed by atoms with Crippen LogP contribution in [0.2, 0.25) is 0 Å². The van der Waals surface area contributed by atoms with Crippen LogP contribution in [-0.4, -0.2) is 14.7 Å². The SMILES string of the molecule is CC1=C(c2cc(F)ccc2NS(=O)(=O)c2ccc(C)cc2)C(C=O)CC1. The van der Waals surface area contributed by atoms with Crippen molar-refractivity contribution >= 4 is 27.6 Å². The Morgan fingerprint density at radius 1 is 1.12 bits per heavy atom. The molecule has 0 spiro atoms. The van der Waals surface area contributed by atoms with E-state index in [1.54, 1.807) is 12.1 Å². The predicted molar refractivity (Wildman–Crippen MR) is 99.8 cm³/mol. The number of nitrogens with one attached hydrogen (secondary N) is 1. The van der Waals surface area contributed by atoms with Crippen LogP contribution in [-0.2, 0) is 14.8 Å². The van der Waals surface area contributed by atoms with E-state index < -0.39 is 15.8 Å². The number of sulfonamides is 1. The number of anilines is 1. The molecule has 6 heteroatoms. The van der Waals surface area contributed by atoms with Crippen molar-refractivity contribution in [3.63, 3.8) is 0 Å². The van der Waals surface area contributed by atoms with E-state index in [1.807, 2.05) is 13.8 Å². The topological polar surface area (TPSA) is 63.2 Å². The molecule has 0 amide bonds. The average molecular weight is 373 g/mol. The standard InChI is InChI=1S/C20H20FNO3S/c1-13-3-8-17(9-4-13)26(24,25)22-19-10-7-16(21)11-18(19)20-14(2)5-6-15(20)12-23/h3-4,7-12,15,22H,5-6H2,1-2H3. The molecule has 1 N–H and O–H groups in total. The molecule has 1 unspecified atom stereocenters. The predicted octanol–water partition coefficient (Wildman–Crippen LogP) is 4.32. The second kappa shape index (κ2) is 7.03. The summed E-state index contributed by atoms with van der Waals surface area (Å²) < 4.78 is 41.8. The molecule has 2 aromatic carbocycles. The van der Waals surface area contributed by atoms with Gasteiger partial charge in [-0.1, -0.05) is 23.3 Å². The van der Waals surface area contributed by atoms with Gasteiger partial charge in [0.25, 0.3) is 10.0 Å². The van der Waals surface area contributed by atoms with Crippen LogP contribution in [0.4, 0.5) is 10.1 Å². The van der Waals surface area contributed by atoms with E-state index in [0.717, 1.165) is 23.8 Å². The lowest BCUT2D eigenvalue weighted by Gasteiger charge is -2.17. The lowest BCUT2D eigenvalue weighted by molar-refractivity contribution is -0.109. The molecule has 0 bridgehead atoms. The van der Waals surface area contributed by atoms with Crippen molar-refractivity contribution in [3.05, 3.63) is 65.0 Å². The fourth-order valence-corrected chi connectivity index (χ4v) is 4.36. The Balaban J connectivity index is 2.05. The maximum atomic E-state index is 13.9. The van der Waals surface area contributed by atoms with Gasteiger partial charge in [-0.3, -0.25) is 4.72 Å². The maximum absolute atomic E-state index is 13.9. The molecular weight excluding hydrogens is 353 g/mol. The van der Waals surface area contributed by atoms with Crippen molar-refractivity contribution in [1.29, 1.82) is 0 Å².